The molecule has 1 atom stereocenters. The average Bonchev–Trinajstić information content (AvgIpc) is 2.92. The molecule has 3 aromatic rings. The second-order valence-electron chi connectivity index (χ2n) is 9.16. The topological polar surface area (TPSA) is 44.8 Å². The number of ether oxygens (including phenoxy) is 3. The van der Waals surface area contributed by atoms with E-state index in [0.717, 1.165) is 43.4 Å². The number of carbonyl (C=O) groups is 1. The van der Waals surface area contributed by atoms with Crippen LogP contribution in [0.15, 0.2) is 72.8 Å². The molecule has 0 saturated heterocycles. The van der Waals surface area contributed by atoms with Crippen molar-refractivity contribution in [2.75, 3.05) is 13.2 Å². The maximum Gasteiger partial charge on any atom is 0.343 e. The minimum absolute atomic E-state index is 0.0799. The maximum atomic E-state index is 12.8. The van der Waals surface area contributed by atoms with Gasteiger partial charge in [0, 0.05) is 6.61 Å². The summed E-state index contributed by atoms with van der Waals surface area (Å²) < 4.78 is 17.5. The molecule has 0 radical (unpaired) electrons. The summed E-state index contributed by atoms with van der Waals surface area (Å²) in [6, 6.07) is 23.3. The second-order valence-corrected chi connectivity index (χ2v) is 9.16. The molecule has 0 spiro atoms. The van der Waals surface area contributed by atoms with Crippen LogP contribution in [0.5, 0.6) is 11.5 Å². The molecule has 1 unspecified atom stereocenters. The largest absolute Gasteiger partial charge is 0.490 e. The van der Waals surface area contributed by atoms with Crippen molar-refractivity contribution in [2.24, 2.45) is 0 Å². The van der Waals surface area contributed by atoms with Crippen LogP contribution in [0.2, 0.25) is 0 Å². The van der Waals surface area contributed by atoms with Gasteiger partial charge in [-0.1, -0.05) is 94.5 Å². The van der Waals surface area contributed by atoms with E-state index in [-0.39, 0.29) is 6.10 Å². The number of para-hydroxylation sites is 2. The highest BCUT2D eigenvalue weighted by atomic mass is 16.6. The van der Waals surface area contributed by atoms with Gasteiger partial charge in [0.1, 0.15) is 0 Å². The van der Waals surface area contributed by atoms with E-state index in [1.54, 1.807) is 18.2 Å². The molecule has 0 aromatic heterocycles. The van der Waals surface area contributed by atoms with Crippen LogP contribution in [0.4, 0.5) is 0 Å². The summed E-state index contributed by atoms with van der Waals surface area (Å²) in [7, 11) is 0. The lowest BCUT2D eigenvalue weighted by Crippen LogP contribution is -2.09. The molecule has 0 aliphatic rings. The van der Waals surface area contributed by atoms with Gasteiger partial charge in [-0.2, -0.15) is 0 Å². The Morgan fingerprint density at radius 1 is 0.694 bits per heavy atom. The van der Waals surface area contributed by atoms with Crippen LogP contribution >= 0.6 is 0 Å². The van der Waals surface area contributed by atoms with Crippen molar-refractivity contribution in [1.29, 1.82) is 0 Å². The van der Waals surface area contributed by atoms with Gasteiger partial charge in [-0.05, 0) is 60.7 Å². The first-order valence-corrected chi connectivity index (χ1v) is 13.4. The number of benzene rings is 3. The number of carbonyl (C=O) groups excluding carboxylic acids is 1. The first-order chi connectivity index (χ1) is 17.6. The van der Waals surface area contributed by atoms with Crippen molar-refractivity contribution in [3.63, 3.8) is 0 Å². The molecule has 3 rings (SSSR count). The Balaban J connectivity index is 1.56. The van der Waals surface area contributed by atoms with Crippen LogP contribution in [0, 0.1) is 0 Å². The number of rotatable bonds is 15. The number of hydrogen-bond acceptors (Lipinski definition) is 4. The third kappa shape index (κ3) is 8.53. The first-order valence-electron chi connectivity index (χ1n) is 13.4. The summed E-state index contributed by atoms with van der Waals surface area (Å²) in [6.45, 7) is 7.89. The zero-order chi connectivity index (χ0) is 25.6. The molecular formula is C32H40O4. The summed E-state index contributed by atoms with van der Waals surface area (Å²) in [5, 5.41) is 0. The fraction of sp³-hybridized carbons (Fsp3) is 0.406. The summed E-state index contributed by atoms with van der Waals surface area (Å²) >= 11 is 0. The van der Waals surface area contributed by atoms with E-state index in [1.165, 1.54) is 24.8 Å². The summed E-state index contributed by atoms with van der Waals surface area (Å²) in [6.07, 6.45) is 8.15. The highest BCUT2D eigenvalue weighted by Crippen LogP contribution is 2.28. The third-order valence-electron chi connectivity index (χ3n) is 6.26. The van der Waals surface area contributed by atoms with Crippen LogP contribution in [-0.4, -0.2) is 19.2 Å². The number of esters is 1. The quantitative estimate of drug-likeness (QED) is 0.122. The normalized spacial score (nSPS) is 11.8. The molecule has 4 heteroatoms. The molecule has 36 heavy (non-hydrogen) atoms. The second kappa shape index (κ2) is 15.1. The highest BCUT2D eigenvalue weighted by Gasteiger charge is 2.13. The first kappa shape index (κ1) is 27.5. The van der Waals surface area contributed by atoms with Gasteiger partial charge < -0.3 is 14.2 Å². The molecular weight excluding hydrogens is 448 g/mol. The van der Waals surface area contributed by atoms with E-state index >= 15 is 0 Å². The molecule has 0 N–H and O–H groups in total. The summed E-state index contributed by atoms with van der Waals surface area (Å²) in [5.41, 5.74) is 3.82. The lowest BCUT2D eigenvalue weighted by atomic mass is 10.0. The van der Waals surface area contributed by atoms with E-state index in [2.05, 4.69) is 45.0 Å². The summed E-state index contributed by atoms with van der Waals surface area (Å²) in [4.78, 5) is 12.8. The minimum Gasteiger partial charge on any atom is -0.490 e. The molecule has 0 amide bonds. The van der Waals surface area contributed by atoms with Gasteiger partial charge >= 0.3 is 5.97 Å². The molecule has 0 fully saturated rings. The van der Waals surface area contributed by atoms with Crippen molar-refractivity contribution < 1.29 is 19.0 Å². The Labute approximate surface area is 216 Å². The number of hydrogen-bond donors (Lipinski definition) is 0. The lowest BCUT2D eigenvalue weighted by Gasteiger charge is -2.14. The summed E-state index contributed by atoms with van der Waals surface area (Å²) in [5.74, 6) is 0.643. The van der Waals surface area contributed by atoms with Crippen molar-refractivity contribution in [3.05, 3.63) is 83.9 Å². The van der Waals surface area contributed by atoms with Crippen molar-refractivity contribution >= 4 is 5.97 Å². The van der Waals surface area contributed by atoms with E-state index in [4.69, 9.17) is 14.2 Å². The molecule has 0 aliphatic heterocycles. The van der Waals surface area contributed by atoms with Crippen LogP contribution in [0.3, 0.4) is 0 Å². The van der Waals surface area contributed by atoms with Gasteiger partial charge in [0.15, 0.2) is 11.5 Å². The zero-order valence-electron chi connectivity index (χ0n) is 22.0. The predicted octanol–water partition coefficient (Wildman–Crippen LogP) is 8.80. The molecule has 0 aliphatic carbocycles. The minimum atomic E-state index is -0.397. The lowest BCUT2D eigenvalue weighted by molar-refractivity contribution is 0.0628. The van der Waals surface area contributed by atoms with Crippen LogP contribution in [0.25, 0.3) is 11.1 Å². The number of unbranched alkanes of at least 4 members (excludes halogenated alkanes) is 5. The fourth-order valence-corrected chi connectivity index (χ4v) is 3.98. The Morgan fingerprint density at radius 2 is 1.28 bits per heavy atom. The monoisotopic (exact) mass is 488 g/mol. The van der Waals surface area contributed by atoms with Crippen LogP contribution < -0.4 is 9.47 Å². The Kier molecular flexibility index (Phi) is 11.5. The van der Waals surface area contributed by atoms with Gasteiger partial charge in [-0.15, -0.1) is 0 Å². The van der Waals surface area contributed by atoms with Gasteiger partial charge in [-0.25, -0.2) is 4.79 Å². The van der Waals surface area contributed by atoms with Gasteiger partial charge in [0.25, 0.3) is 0 Å². The third-order valence-corrected chi connectivity index (χ3v) is 6.26. The van der Waals surface area contributed by atoms with E-state index in [9.17, 15) is 4.79 Å². The van der Waals surface area contributed by atoms with Crippen LogP contribution in [-0.2, 0) is 4.74 Å². The van der Waals surface area contributed by atoms with Crippen LogP contribution in [0.1, 0.15) is 87.7 Å². The van der Waals surface area contributed by atoms with Gasteiger partial charge in [0.05, 0.1) is 18.3 Å². The Bertz CT molecular complexity index is 1040. The van der Waals surface area contributed by atoms with E-state index in [0.29, 0.717) is 23.7 Å². The van der Waals surface area contributed by atoms with E-state index in [1.807, 2.05) is 30.3 Å². The van der Waals surface area contributed by atoms with Crippen molar-refractivity contribution in [3.8, 4) is 22.6 Å². The molecule has 0 heterocycles. The van der Waals surface area contributed by atoms with Gasteiger partial charge in [-0.3, -0.25) is 0 Å². The molecule has 0 bridgehead atoms. The SMILES string of the molecule is CCCCCCOC(C)c1ccc(-c2ccc(C(=O)Oc3ccccc3OCCCCC)cc2)cc1. The standard InChI is InChI=1S/C32H40O4/c1-4-6-8-12-23-34-25(3)26-15-17-27(18-16-26)28-19-21-29(22-20-28)32(33)36-31-14-10-9-13-30(31)35-24-11-7-5-2/h9-10,13-22,25H,4-8,11-12,23-24H2,1-3H3. The van der Waals surface area contributed by atoms with Gasteiger partial charge in [0.2, 0.25) is 0 Å². The molecule has 3 aromatic carbocycles. The van der Waals surface area contributed by atoms with Crippen molar-refractivity contribution in [1.82, 2.24) is 0 Å². The molecule has 0 saturated carbocycles. The Hall–Kier alpha value is -3.11. The zero-order valence-corrected chi connectivity index (χ0v) is 22.0. The average molecular weight is 489 g/mol. The predicted molar refractivity (Wildman–Crippen MR) is 147 cm³/mol. The van der Waals surface area contributed by atoms with Crippen molar-refractivity contribution in [2.45, 2.75) is 71.8 Å². The maximum absolute atomic E-state index is 12.8. The van der Waals surface area contributed by atoms with E-state index < -0.39 is 5.97 Å². The highest BCUT2D eigenvalue weighted by molar-refractivity contribution is 5.92. The Morgan fingerprint density at radius 3 is 1.94 bits per heavy atom. The molecule has 4 nitrogen and oxygen atoms in total. The smallest absolute Gasteiger partial charge is 0.343 e. The fourth-order valence-electron chi connectivity index (χ4n) is 3.98. The molecule has 192 valence electrons.